The van der Waals surface area contributed by atoms with Crippen LogP contribution in [-0.2, 0) is 0 Å². The van der Waals surface area contributed by atoms with Gasteiger partial charge in [-0.15, -0.1) is 0 Å². The average molecular weight is 138 g/mol. The van der Waals surface area contributed by atoms with Gasteiger partial charge >= 0.3 is 0 Å². The number of amidine groups is 1. The molecule has 1 N–H and O–H groups in total. The van der Waals surface area contributed by atoms with Crippen molar-refractivity contribution in [2.75, 3.05) is 6.54 Å². The molecule has 2 atom stereocenters. The van der Waals surface area contributed by atoms with Crippen LogP contribution in [0, 0.1) is 11.3 Å². The standard InChI is InChI=1S/C8H14N2/c1-6-5-7(6)10-4-2-3-8(10)9/h6-7,9H,2-5H2,1H3. The van der Waals surface area contributed by atoms with Gasteiger partial charge in [-0.25, -0.2) is 0 Å². The second kappa shape index (κ2) is 1.97. The molecular formula is C8H14N2. The SMILES string of the molecule is CC1CC1N1CCCC1=N. The first kappa shape index (κ1) is 6.20. The summed E-state index contributed by atoms with van der Waals surface area (Å²) in [5.74, 6) is 1.74. The predicted molar refractivity (Wildman–Crippen MR) is 41.2 cm³/mol. The maximum Gasteiger partial charge on any atom is 0.0960 e. The summed E-state index contributed by atoms with van der Waals surface area (Å²) >= 11 is 0. The predicted octanol–water partition coefficient (Wildman–Crippen LogP) is 1.47. The minimum absolute atomic E-state index is 0.745. The number of hydrogen-bond acceptors (Lipinski definition) is 1. The first-order valence-electron chi connectivity index (χ1n) is 4.13. The van der Waals surface area contributed by atoms with Crippen LogP contribution < -0.4 is 0 Å². The second-order valence-electron chi connectivity index (χ2n) is 3.52. The van der Waals surface area contributed by atoms with Crippen molar-refractivity contribution < 1.29 is 0 Å². The topological polar surface area (TPSA) is 27.1 Å². The highest BCUT2D eigenvalue weighted by Crippen LogP contribution is 2.37. The molecule has 0 spiro atoms. The van der Waals surface area contributed by atoms with Crippen LogP contribution >= 0.6 is 0 Å². The van der Waals surface area contributed by atoms with E-state index in [-0.39, 0.29) is 0 Å². The zero-order chi connectivity index (χ0) is 7.14. The van der Waals surface area contributed by atoms with E-state index >= 15 is 0 Å². The van der Waals surface area contributed by atoms with Crippen molar-refractivity contribution >= 4 is 5.84 Å². The molecule has 2 aliphatic rings. The monoisotopic (exact) mass is 138 g/mol. The van der Waals surface area contributed by atoms with Gasteiger partial charge in [0.2, 0.25) is 0 Å². The quantitative estimate of drug-likeness (QED) is 0.583. The van der Waals surface area contributed by atoms with Crippen molar-refractivity contribution in [1.29, 1.82) is 5.41 Å². The van der Waals surface area contributed by atoms with E-state index in [9.17, 15) is 0 Å². The zero-order valence-electron chi connectivity index (χ0n) is 6.43. The van der Waals surface area contributed by atoms with Crippen molar-refractivity contribution in [3.05, 3.63) is 0 Å². The van der Waals surface area contributed by atoms with Gasteiger partial charge in [-0.3, -0.25) is 5.41 Å². The Kier molecular flexibility index (Phi) is 1.22. The maximum atomic E-state index is 7.59. The Morgan fingerprint density at radius 2 is 2.30 bits per heavy atom. The molecule has 0 amide bonds. The number of nitrogens with zero attached hydrogens (tertiary/aromatic N) is 1. The lowest BCUT2D eigenvalue weighted by molar-refractivity contribution is 0.424. The summed E-state index contributed by atoms with van der Waals surface area (Å²) < 4.78 is 0. The third kappa shape index (κ3) is 0.825. The lowest BCUT2D eigenvalue weighted by Crippen LogP contribution is -2.27. The molecule has 1 saturated carbocycles. The van der Waals surface area contributed by atoms with Crippen LogP contribution in [-0.4, -0.2) is 23.3 Å². The van der Waals surface area contributed by atoms with Crippen LogP contribution in [0.5, 0.6) is 0 Å². The van der Waals surface area contributed by atoms with E-state index in [4.69, 9.17) is 5.41 Å². The van der Waals surface area contributed by atoms with Gasteiger partial charge < -0.3 is 4.90 Å². The van der Waals surface area contributed by atoms with Gasteiger partial charge in [-0.1, -0.05) is 6.92 Å². The van der Waals surface area contributed by atoms with E-state index < -0.39 is 0 Å². The average Bonchev–Trinajstić information content (AvgIpc) is 2.42. The third-order valence-electron chi connectivity index (χ3n) is 2.63. The number of nitrogens with one attached hydrogen (secondary N) is 1. The highest BCUT2D eigenvalue weighted by Gasteiger charge is 2.40. The molecular weight excluding hydrogens is 124 g/mol. The molecule has 1 aliphatic heterocycles. The summed E-state index contributed by atoms with van der Waals surface area (Å²) in [5, 5.41) is 7.59. The van der Waals surface area contributed by atoms with Crippen LogP contribution in [0.15, 0.2) is 0 Å². The fourth-order valence-corrected chi connectivity index (χ4v) is 1.80. The molecule has 2 nitrogen and oxygen atoms in total. The number of hydrogen-bond donors (Lipinski definition) is 1. The van der Waals surface area contributed by atoms with E-state index in [1.54, 1.807) is 0 Å². The molecule has 56 valence electrons. The molecule has 2 rings (SSSR count). The van der Waals surface area contributed by atoms with Crippen molar-refractivity contribution in [3.63, 3.8) is 0 Å². The van der Waals surface area contributed by atoms with Crippen molar-refractivity contribution in [2.45, 2.75) is 32.2 Å². The van der Waals surface area contributed by atoms with Gasteiger partial charge in [0.05, 0.1) is 5.84 Å². The largest absolute Gasteiger partial charge is 0.357 e. The summed E-state index contributed by atoms with van der Waals surface area (Å²) in [6, 6.07) is 0.745. The molecule has 0 aromatic carbocycles. The Morgan fingerprint density at radius 1 is 1.60 bits per heavy atom. The third-order valence-corrected chi connectivity index (χ3v) is 2.63. The van der Waals surface area contributed by atoms with Crippen LogP contribution in [0.3, 0.4) is 0 Å². The molecule has 0 bridgehead atoms. The molecule has 0 radical (unpaired) electrons. The van der Waals surface area contributed by atoms with E-state index in [0.29, 0.717) is 0 Å². The van der Waals surface area contributed by atoms with Crippen LogP contribution in [0.25, 0.3) is 0 Å². The van der Waals surface area contributed by atoms with Crippen molar-refractivity contribution in [1.82, 2.24) is 4.90 Å². The lowest BCUT2D eigenvalue weighted by Gasteiger charge is -2.16. The zero-order valence-corrected chi connectivity index (χ0v) is 6.43. The number of likely N-dealkylation sites (tertiary alicyclic amines) is 1. The first-order valence-corrected chi connectivity index (χ1v) is 4.13. The Bertz CT molecular complexity index is 165. The van der Waals surface area contributed by atoms with Gasteiger partial charge in [0.1, 0.15) is 0 Å². The Morgan fingerprint density at radius 3 is 2.70 bits per heavy atom. The summed E-state index contributed by atoms with van der Waals surface area (Å²) in [7, 11) is 0. The molecule has 0 aromatic rings. The second-order valence-corrected chi connectivity index (χ2v) is 3.52. The van der Waals surface area contributed by atoms with Gasteiger partial charge in [0, 0.05) is 19.0 Å². The smallest absolute Gasteiger partial charge is 0.0960 e. The highest BCUT2D eigenvalue weighted by molar-refractivity contribution is 5.81. The van der Waals surface area contributed by atoms with Gasteiger partial charge in [0.25, 0.3) is 0 Å². The van der Waals surface area contributed by atoms with Crippen LogP contribution in [0.4, 0.5) is 0 Å². The van der Waals surface area contributed by atoms with Gasteiger partial charge in [0.15, 0.2) is 0 Å². The number of rotatable bonds is 1. The van der Waals surface area contributed by atoms with Crippen LogP contribution in [0.1, 0.15) is 26.2 Å². The van der Waals surface area contributed by atoms with Crippen LogP contribution in [0.2, 0.25) is 0 Å². The lowest BCUT2D eigenvalue weighted by atomic mass is 10.4. The molecule has 2 fully saturated rings. The van der Waals surface area contributed by atoms with E-state index in [0.717, 1.165) is 30.8 Å². The molecule has 1 heterocycles. The minimum Gasteiger partial charge on any atom is -0.357 e. The molecule has 10 heavy (non-hydrogen) atoms. The maximum absolute atomic E-state index is 7.59. The minimum atomic E-state index is 0.745. The molecule has 1 saturated heterocycles. The normalized spacial score (nSPS) is 38.9. The first-order chi connectivity index (χ1) is 4.79. The van der Waals surface area contributed by atoms with E-state index in [1.165, 1.54) is 12.8 Å². The van der Waals surface area contributed by atoms with Gasteiger partial charge in [-0.2, -0.15) is 0 Å². The summed E-state index contributed by atoms with van der Waals surface area (Å²) in [5.41, 5.74) is 0. The van der Waals surface area contributed by atoms with Gasteiger partial charge in [-0.05, 0) is 18.8 Å². The van der Waals surface area contributed by atoms with Crippen molar-refractivity contribution in [3.8, 4) is 0 Å². The highest BCUT2D eigenvalue weighted by atomic mass is 15.2. The Labute approximate surface area is 61.7 Å². The van der Waals surface area contributed by atoms with Crippen molar-refractivity contribution in [2.24, 2.45) is 5.92 Å². The molecule has 2 heteroatoms. The Balaban J connectivity index is 1.98. The molecule has 2 unspecified atom stereocenters. The molecule has 0 aromatic heterocycles. The molecule has 1 aliphatic carbocycles. The summed E-state index contributed by atoms with van der Waals surface area (Å²) in [6.45, 7) is 3.42. The van der Waals surface area contributed by atoms with E-state index in [2.05, 4.69) is 11.8 Å². The summed E-state index contributed by atoms with van der Waals surface area (Å²) in [4.78, 5) is 2.28. The Hall–Kier alpha value is -0.530. The fourth-order valence-electron chi connectivity index (χ4n) is 1.80. The fraction of sp³-hybridized carbons (Fsp3) is 0.875. The summed E-state index contributed by atoms with van der Waals surface area (Å²) in [6.07, 6.45) is 3.55. The van der Waals surface area contributed by atoms with E-state index in [1.807, 2.05) is 0 Å².